The Morgan fingerprint density at radius 2 is 1.81 bits per heavy atom. The van der Waals surface area contributed by atoms with Crippen LogP contribution in [0, 0.1) is 12.3 Å². The van der Waals surface area contributed by atoms with Crippen molar-refractivity contribution in [1.82, 2.24) is 14.7 Å². The van der Waals surface area contributed by atoms with Gasteiger partial charge in [0.05, 0.1) is 0 Å². The molecule has 3 fully saturated rings. The number of rotatable bonds is 2. The minimum absolute atomic E-state index is 0.0468. The van der Waals surface area contributed by atoms with Crippen molar-refractivity contribution in [2.75, 3.05) is 26.2 Å². The van der Waals surface area contributed by atoms with Gasteiger partial charge in [0.1, 0.15) is 0 Å². The van der Waals surface area contributed by atoms with Crippen molar-refractivity contribution >= 4 is 12.0 Å². The van der Waals surface area contributed by atoms with Crippen LogP contribution in [0.1, 0.15) is 56.6 Å². The molecule has 4 aliphatic heterocycles. The molecule has 0 N–H and O–H groups in total. The molecule has 6 nitrogen and oxygen atoms in total. The van der Waals surface area contributed by atoms with Gasteiger partial charge in [-0.05, 0) is 62.7 Å². The van der Waals surface area contributed by atoms with Crippen molar-refractivity contribution in [1.29, 1.82) is 0 Å². The predicted molar refractivity (Wildman–Crippen MR) is 122 cm³/mol. The topological polar surface area (TPSA) is 53.1 Å². The summed E-state index contributed by atoms with van der Waals surface area (Å²) < 4.78 is 5.24. The third-order valence-corrected chi connectivity index (χ3v) is 8.36. The van der Waals surface area contributed by atoms with Gasteiger partial charge in [-0.2, -0.15) is 0 Å². The van der Waals surface area contributed by atoms with Crippen molar-refractivity contribution in [3.8, 4) is 12.3 Å². The molecule has 1 aromatic carbocycles. The molecule has 5 rings (SSSR count). The van der Waals surface area contributed by atoms with Gasteiger partial charge in [-0.15, -0.1) is 6.42 Å². The minimum Gasteiger partial charge on any atom is -0.436 e. The molecule has 0 aromatic heterocycles. The summed E-state index contributed by atoms with van der Waals surface area (Å²) in [6.45, 7) is 5.39. The maximum absolute atomic E-state index is 12.5. The number of likely N-dealkylation sites (tertiary alicyclic amines) is 1. The maximum Gasteiger partial charge on any atom is 0.411 e. The van der Waals surface area contributed by atoms with Gasteiger partial charge in [-0.25, -0.2) is 4.79 Å². The second-order valence-corrected chi connectivity index (χ2v) is 10.0. The monoisotopic (exact) mass is 435 g/mol. The Labute approximate surface area is 190 Å². The van der Waals surface area contributed by atoms with Gasteiger partial charge in [0.2, 0.25) is 5.91 Å². The summed E-state index contributed by atoms with van der Waals surface area (Å²) >= 11 is 0. The first-order valence-electron chi connectivity index (χ1n) is 12.0. The first kappa shape index (κ1) is 21.3. The van der Waals surface area contributed by atoms with Crippen LogP contribution in [0.25, 0.3) is 0 Å². The Morgan fingerprint density at radius 1 is 1.12 bits per heavy atom. The largest absolute Gasteiger partial charge is 0.436 e. The van der Waals surface area contributed by atoms with E-state index in [0.29, 0.717) is 6.04 Å². The number of hydrogen-bond acceptors (Lipinski definition) is 4. The van der Waals surface area contributed by atoms with Crippen LogP contribution >= 0.6 is 0 Å². The quantitative estimate of drug-likeness (QED) is 0.670. The number of hydrogen-bond donors (Lipinski definition) is 0. The summed E-state index contributed by atoms with van der Waals surface area (Å²) in [6, 6.07) is 9.75. The van der Waals surface area contributed by atoms with Crippen molar-refractivity contribution in [3.63, 3.8) is 0 Å². The second-order valence-electron chi connectivity index (χ2n) is 10.0. The third kappa shape index (κ3) is 3.67. The average Bonchev–Trinajstić information content (AvgIpc) is 3.07. The number of fused-ring (bicyclic) bond motifs is 4. The molecule has 4 aliphatic rings. The molecule has 6 heteroatoms. The van der Waals surface area contributed by atoms with Crippen molar-refractivity contribution in [2.45, 2.75) is 75.5 Å². The fourth-order valence-electron chi connectivity index (χ4n) is 6.78. The summed E-state index contributed by atoms with van der Waals surface area (Å²) in [5.41, 5.74) is 2.82. The molecule has 0 radical (unpaired) electrons. The first-order valence-corrected chi connectivity index (χ1v) is 12.0. The van der Waals surface area contributed by atoms with Crippen LogP contribution in [-0.2, 0) is 21.5 Å². The summed E-state index contributed by atoms with van der Waals surface area (Å²) in [5, 5.41) is 0. The molecule has 0 aliphatic carbocycles. The van der Waals surface area contributed by atoms with E-state index in [9.17, 15) is 9.59 Å². The van der Waals surface area contributed by atoms with Crippen LogP contribution in [0.4, 0.5) is 4.79 Å². The van der Waals surface area contributed by atoms with Gasteiger partial charge in [0.25, 0.3) is 0 Å². The molecule has 2 bridgehead atoms. The Morgan fingerprint density at radius 3 is 2.47 bits per heavy atom. The number of amides is 2. The number of terminal acetylenes is 1. The molecular weight excluding hydrogens is 402 g/mol. The normalized spacial score (nSPS) is 28.8. The number of benzene rings is 1. The average molecular weight is 436 g/mol. The third-order valence-electron chi connectivity index (χ3n) is 8.36. The van der Waals surface area contributed by atoms with Gasteiger partial charge in [0.15, 0.2) is 6.61 Å². The minimum atomic E-state index is -0.241. The van der Waals surface area contributed by atoms with E-state index in [1.165, 1.54) is 11.1 Å². The fourth-order valence-corrected chi connectivity index (χ4v) is 6.78. The fraction of sp³-hybridized carbons (Fsp3) is 0.615. The van der Waals surface area contributed by atoms with Crippen LogP contribution in [0.2, 0.25) is 0 Å². The van der Waals surface area contributed by atoms with Crippen molar-refractivity contribution in [3.05, 3.63) is 35.4 Å². The summed E-state index contributed by atoms with van der Waals surface area (Å²) in [6.07, 6.45) is 11.3. The molecule has 3 saturated heterocycles. The first-order chi connectivity index (χ1) is 15.5. The lowest BCUT2D eigenvalue weighted by molar-refractivity contribution is -0.131. The van der Waals surface area contributed by atoms with Gasteiger partial charge in [-0.1, -0.05) is 30.2 Å². The Balaban J connectivity index is 1.27. The highest BCUT2D eigenvalue weighted by Crippen LogP contribution is 2.44. The Kier molecular flexibility index (Phi) is 5.63. The van der Waals surface area contributed by atoms with Crippen LogP contribution in [0.15, 0.2) is 24.3 Å². The smallest absolute Gasteiger partial charge is 0.411 e. The molecule has 2 atom stereocenters. The summed E-state index contributed by atoms with van der Waals surface area (Å²) in [4.78, 5) is 31.3. The molecular formula is C26H33N3O3. The van der Waals surface area contributed by atoms with Gasteiger partial charge in [0, 0.05) is 43.6 Å². The maximum atomic E-state index is 12.5. The lowest BCUT2D eigenvalue weighted by atomic mass is 9.68. The van der Waals surface area contributed by atoms with E-state index in [4.69, 9.17) is 11.2 Å². The van der Waals surface area contributed by atoms with Crippen molar-refractivity contribution < 1.29 is 14.3 Å². The Bertz CT molecular complexity index is 916. The predicted octanol–water partition coefficient (Wildman–Crippen LogP) is 3.15. The highest BCUT2D eigenvalue weighted by atomic mass is 16.6. The van der Waals surface area contributed by atoms with Gasteiger partial charge in [-0.3, -0.25) is 4.79 Å². The van der Waals surface area contributed by atoms with Crippen molar-refractivity contribution in [2.24, 2.45) is 0 Å². The second kappa shape index (κ2) is 8.44. The molecule has 32 heavy (non-hydrogen) atoms. The number of carbonyl (C=O) groups is 2. The van der Waals surface area contributed by atoms with E-state index < -0.39 is 0 Å². The molecule has 2 unspecified atom stereocenters. The highest BCUT2D eigenvalue weighted by molar-refractivity contribution is 5.74. The van der Waals surface area contributed by atoms with E-state index in [-0.39, 0.29) is 36.1 Å². The number of piperidine rings is 2. The zero-order valence-corrected chi connectivity index (χ0v) is 19.0. The standard InChI is InChI=1S/C26H33N3O3/c1-3-14-32-25(31)29-21-8-9-22(29)16-23(15-21)27-12-10-26(11-13-27)18-28(19(2)30)17-20-6-4-5-7-24(20)26/h1,4-7,21-23H,8-18H2,2H3. The molecule has 0 saturated carbocycles. The zero-order chi connectivity index (χ0) is 22.3. The van der Waals surface area contributed by atoms with Crippen LogP contribution in [0.3, 0.4) is 0 Å². The summed E-state index contributed by atoms with van der Waals surface area (Å²) in [7, 11) is 0. The van der Waals surface area contributed by atoms with Crippen LogP contribution < -0.4 is 0 Å². The van der Waals surface area contributed by atoms with E-state index in [1.807, 2.05) is 9.80 Å². The molecule has 1 spiro atoms. The van der Waals surface area contributed by atoms with Crippen LogP contribution in [-0.4, -0.2) is 71.1 Å². The van der Waals surface area contributed by atoms with E-state index >= 15 is 0 Å². The van der Waals surface area contributed by atoms with E-state index in [0.717, 1.165) is 64.7 Å². The molecule has 1 aromatic rings. The van der Waals surface area contributed by atoms with E-state index in [2.05, 4.69) is 35.1 Å². The summed E-state index contributed by atoms with van der Waals surface area (Å²) in [5.74, 6) is 2.56. The number of carbonyl (C=O) groups excluding carboxylic acids is 2. The molecule has 2 amide bonds. The van der Waals surface area contributed by atoms with E-state index in [1.54, 1.807) is 6.92 Å². The van der Waals surface area contributed by atoms with Crippen LogP contribution in [0.5, 0.6) is 0 Å². The SMILES string of the molecule is C#CCOC(=O)N1C2CCC1CC(N1CCC3(CC1)CN(C(C)=O)Cc1ccccc13)C2. The molecule has 4 heterocycles. The Hall–Kier alpha value is -2.52. The van der Waals surface area contributed by atoms with Gasteiger partial charge >= 0.3 is 6.09 Å². The van der Waals surface area contributed by atoms with Gasteiger partial charge < -0.3 is 19.4 Å². The zero-order valence-electron chi connectivity index (χ0n) is 19.0. The lowest BCUT2D eigenvalue weighted by Gasteiger charge is -2.51. The molecule has 170 valence electrons. The highest BCUT2D eigenvalue weighted by Gasteiger charge is 2.48. The lowest BCUT2D eigenvalue weighted by Crippen LogP contribution is -2.57. The number of nitrogens with zero attached hydrogens (tertiary/aromatic N) is 3. The number of ether oxygens (including phenoxy) is 1.